The Labute approximate surface area is 182 Å². The molecule has 0 saturated carbocycles. The fourth-order valence-corrected chi connectivity index (χ4v) is 3.54. The van der Waals surface area contributed by atoms with Gasteiger partial charge in [0, 0.05) is 11.8 Å². The number of ether oxygens (including phenoxy) is 1. The highest BCUT2D eigenvalue weighted by molar-refractivity contribution is 5.59. The quantitative estimate of drug-likeness (QED) is 0.294. The van der Waals surface area contributed by atoms with Crippen molar-refractivity contribution < 1.29 is 4.74 Å². The number of hydrogen-bond acceptors (Lipinski definition) is 2. The lowest BCUT2D eigenvalue weighted by atomic mass is 10.0. The zero-order chi connectivity index (χ0) is 21.0. The summed E-state index contributed by atoms with van der Waals surface area (Å²) in [6.45, 7) is 5.23. The molecule has 0 unspecified atom stereocenters. The average Bonchev–Trinajstić information content (AvgIpc) is 2.80. The van der Waals surface area contributed by atoms with Crippen molar-refractivity contribution in [2.24, 2.45) is 0 Å². The molecule has 0 aliphatic rings. The molecule has 0 bridgehead atoms. The third-order valence-electron chi connectivity index (χ3n) is 5.54. The summed E-state index contributed by atoms with van der Waals surface area (Å²) in [5, 5.41) is 0. The number of hydrogen-bond donors (Lipinski definition) is 0. The normalized spacial score (nSPS) is 10.9. The van der Waals surface area contributed by atoms with E-state index < -0.39 is 0 Å². The minimum Gasteiger partial charge on any atom is -0.494 e. The van der Waals surface area contributed by atoms with E-state index in [-0.39, 0.29) is 0 Å². The molecule has 0 N–H and O–H groups in total. The van der Waals surface area contributed by atoms with Gasteiger partial charge in [-0.25, -0.2) is 0 Å². The van der Waals surface area contributed by atoms with E-state index in [1.807, 2.05) is 6.20 Å². The highest BCUT2D eigenvalue weighted by atomic mass is 16.5. The number of unbranched alkanes of at least 4 members (excludes halogenated alkanes) is 3. The SMILES string of the molecule is CCCCCc1ccc(-c2ccc(CCc3ccc(OCCCC)cc3)cc2)nc1. The van der Waals surface area contributed by atoms with Gasteiger partial charge in [0.2, 0.25) is 0 Å². The molecule has 1 aromatic heterocycles. The zero-order valence-electron chi connectivity index (χ0n) is 18.6. The van der Waals surface area contributed by atoms with E-state index in [1.165, 1.54) is 41.5 Å². The minimum atomic E-state index is 0.804. The third kappa shape index (κ3) is 7.02. The first-order valence-corrected chi connectivity index (χ1v) is 11.5. The van der Waals surface area contributed by atoms with Gasteiger partial charge in [-0.2, -0.15) is 0 Å². The monoisotopic (exact) mass is 401 g/mol. The van der Waals surface area contributed by atoms with Gasteiger partial charge in [0.05, 0.1) is 12.3 Å². The smallest absolute Gasteiger partial charge is 0.119 e. The largest absolute Gasteiger partial charge is 0.494 e. The molecule has 0 saturated heterocycles. The van der Waals surface area contributed by atoms with Crippen molar-refractivity contribution in [2.75, 3.05) is 6.61 Å². The molecule has 3 aromatic rings. The third-order valence-corrected chi connectivity index (χ3v) is 5.54. The van der Waals surface area contributed by atoms with Gasteiger partial charge in [0.1, 0.15) is 5.75 Å². The number of pyridine rings is 1. The maximum atomic E-state index is 5.75. The Morgan fingerprint density at radius 1 is 0.633 bits per heavy atom. The van der Waals surface area contributed by atoms with E-state index in [4.69, 9.17) is 4.74 Å². The van der Waals surface area contributed by atoms with Crippen LogP contribution in [0, 0.1) is 0 Å². The fourth-order valence-electron chi connectivity index (χ4n) is 3.54. The Balaban J connectivity index is 1.49. The first kappa shape index (κ1) is 22.1. The van der Waals surface area contributed by atoms with Crippen molar-refractivity contribution in [1.29, 1.82) is 0 Å². The van der Waals surface area contributed by atoms with Crippen LogP contribution in [-0.2, 0) is 19.3 Å². The Bertz CT molecular complexity index is 851. The molecule has 0 aliphatic carbocycles. The molecule has 0 atom stereocenters. The molecule has 2 heteroatoms. The Hall–Kier alpha value is -2.61. The molecular formula is C28H35NO. The Kier molecular flexibility index (Phi) is 8.96. The molecule has 0 spiro atoms. The van der Waals surface area contributed by atoms with Crippen molar-refractivity contribution in [3.63, 3.8) is 0 Å². The summed E-state index contributed by atoms with van der Waals surface area (Å²) in [5.74, 6) is 0.973. The molecule has 0 aliphatic heterocycles. The van der Waals surface area contributed by atoms with Crippen LogP contribution in [0.4, 0.5) is 0 Å². The topological polar surface area (TPSA) is 22.1 Å². The lowest BCUT2D eigenvalue weighted by Crippen LogP contribution is -1.97. The molecule has 30 heavy (non-hydrogen) atoms. The van der Waals surface area contributed by atoms with E-state index in [1.54, 1.807) is 0 Å². The molecule has 0 amide bonds. The maximum absolute atomic E-state index is 5.75. The summed E-state index contributed by atoms with van der Waals surface area (Å²) in [5.41, 5.74) is 6.29. The van der Waals surface area contributed by atoms with Crippen molar-refractivity contribution in [3.8, 4) is 17.0 Å². The van der Waals surface area contributed by atoms with Gasteiger partial charge in [0.25, 0.3) is 0 Å². The van der Waals surface area contributed by atoms with Gasteiger partial charge in [-0.05, 0) is 67.0 Å². The van der Waals surface area contributed by atoms with E-state index in [0.717, 1.165) is 50.2 Å². The highest BCUT2D eigenvalue weighted by Crippen LogP contribution is 2.20. The first-order valence-electron chi connectivity index (χ1n) is 11.5. The van der Waals surface area contributed by atoms with Crippen LogP contribution in [0.2, 0.25) is 0 Å². The Morgan fingerprint density at radius 3 is 1.87 bits per heavy atom. The summed E-state index contributed by atoms with van der Waals surface area (Å²) in [4.78, 5) is 4.67. The molecule has 2 nitrogen and oxygen atoms in total. The molecule has 1 heterocycles. The highest BCUT2D eigenvalue weighted by Gasteiger charge is 2.02. The van der Waals surface area contributed by atoms with Gasteiger partial charge >= 0.3 is 0 Å². The molecule has 2 aromatic carbocycles. The number of rotatable bonds is 12. The van der Waals surface area contributed by atoms with Crippen molar-refractivity contribution >= 4 is 0 Å². The molecule has 3 rings (SSSR count). The van der Waals surface area contributed by atoms with Crippen LogP contribution in [0.15, 0.2) is 66.9 Å². The number of nitrogens with zero attached hydrogens (tertiary/aromatic N) is 1. The van der Waals surface area contributed by atoms with Crippen LogP contribution in [0.25, 0.3) is 11.3 Å². The van der Waals surface area contributed by atoms with Crippen molar-refractivity contribution in [1.82, 2.24) is 4.98 Å². The zero-order valence-corrected chi connectivity index (χ0v) is 18.6. The summed E-state index contributed by atoms with van der Waals surface area (Å²) in [6.07, 6.45) is 11.3. The summed E-state index contributed by atoms with van der Waals surface area (Å²) < 4.78 is 5.75. The van der Waals surface area contributed by atoms with E-state index >= 15 is 0 Å². The Morgan fingerprint density at radius 2 is 1.27 bits per heavy atom. The van der Waals surface area contributed by atoms with Crippen molar-refractivity contribution in [3.05, 3.63) is 83.6 Å². The standard InChI is InChI=1S/C28H35NO/c1-3-5-7-8-25-15-20-28(29-22-25)26-16-11-23(12-17-26)9-10-24-13-18-27(19-14-24)30-21-6-4-2/h11-20,22H,3-10,21H2,1-2H3. The van der Waals surface area contributed by atoms with Crippen LogP contribution in [0.1, 0.15) is 62.6 Å². The van der Waals surface area contributed by atoms with Gasteiger partial charge in [-0.1, -0.05) is 75.6 Å². The second-order valence-electron chi connectivity index (χ2n) is 8.05. The van der Waals surface area contributed by atoms with E-state index in [0.29, 0.717) is 0 Å². The summed E-state index contributed by atoms with van der Waals surface area (Å²) in [6, 6.07) is 21.8. The van der Waals surface area contributed by atoms with Gasteiger partial charge < -0.3 is 4.74 Å². The van der Waals surface area contributed by atoms with Crippen LogP contribution < -0.4 is 4.74 Å². The predicted molar refractivity (Wildman–Crippen MR) is 127 cm³/mol. The number of benzene rings is 2. The van der Waals surface area contributed by atoms with E-state index in [2.05, 4.69) is 79.5 Å². The second-order valence-corrected chi connectivity index (χ2v) is 8.05. The second kappa shape index (κ2) is 12.2. The van der Waals surface area contributed by atoms with Gasteiger partial charge in [-0.15, -0.1) is 0 Å². The number of aromatic nitrogens is 1. The molecule has 158 valence electrons. The van der Waals surface area contributed by atoms with Crippen LogP contribution in [-0.4, -0.2) is 11.6 Å². The molecule has 0 radical (unpaired) electrons. The summed E-state index contributed by atoms with van der Waals surface area (Å²) >= 11 is 0. The first-order chi connectivity index (χ1) is 14.8. The summed E-state index contributed by atoms with van der Waals surface area (Å²) in [7, 11) is 0. The lowest BCUT2D eigenvalue weighted by molar-refractivity contribution is 0.309. The fraction of sp³-hybridized carbons (Fsp3) is 0.393. The minimum absolute atomic E-state index is 0.804. The van der Waals surface area contributed by atoms with E-state index in [9.17, 15) is 0 Å². The molecular weight excluding hydrogens is 366 g/mol. The predicted octanol–water partition coefficient (Wildman–Crippen LogP) is 7.45. The lowest BCUT2D eigenvalue weighted by Gasteiger charge is -2.08. The van der Waals surface area contributed by atoms with Crippen LogP contribution in [0.3, 0.4) is 0 Å². The van der Waals surface area contributed by atoms with Crippen molar-refractivity contribution in [2.45, 2.75) is 65.2 Å². The van der Waals surface area contributed by atoms with Crippen LogP contribution >= 0.6 is 0 Å². The number of aryl methyl sites for hydroxylation is 3. The van der Waals surface area contributed by atoms with Gasteiger partial charge in [-0.3, -0.25) is 4.98 Å². The maximum Gasteiger partial charge on any atom is 0.119 e. The molecule has 0 fully saturated rings. The average molecular weight is 402 g/mol. The van der Waals surface area contributed by atoms with Gasteiger partial charge in [0.15, 0.2) is 0 Å². The van der Waals surface area contributed by atoms with Crippen LogP contribution in [0.5, 0.6) is 5.75 Å².